The third-order valence-corrected chi connectivity index (χ3v) is 2.58. The number of aliphatic hydroxyl groups excluding tert-OH is 1. The summed E-state index contributed by atoms with van der Waals surface area (Å²) in [6.07, 6.45) is 0. The monoisotopic (exact) mass is 288 g/mol. The van der Waals surface area contributed by atoms with Crippen LogP contribution in [0.1, 0.15) is 12.5 Å². The summed E-state index contributed by atoms with van der Waals surface area (Å²) in [5.74, 6) is 0.400. The summed E-state index contributed by atoms with van der Waals surface area (Å²) in [6.45, 7) is 2.71. The number of carbonyl (C=O) groups is 1. The van der Waals surface area contributed by atoms with Crippen molar-refractivity contribution < 1.29 is 14.6 Å². The second kappa shape index (κ2) is 9.61. The molecule has 1 atom stereocenters. The highest BCUT2D eigenvalue weighted by atomic mass is 35.5. The van der Waals surface area contributed by atoms with Gasteiger partial charge in [-0.05, 0) is 6.07 Å². The van der Waals surface area contributed by atoms with Gasteiger partial charge in [-0.1, -0.05) is 25.1 Å². The van der Waals surface area contributed by atoms with Gasteiger partial charge in [0.05, 0.1) is 6.61 Å². The number of nitrogens with two attached hydrogens (primary N) is 1. The first-order valence-electron chi connectivity index (χ1n) is 5.98. The standard InChI is InChI=1S/C13H20N2O3.ClH/c1-10(8-14)13(17)15-9-11-4-2-3-5-12(11)18-7-6-16;/h2-5,10,16H,6-9,14H2,1H3,(H,15,17);1H. The van der Waals surface area contributed by atoms with Gasteiger partial charge in [0.25, 0.3) is 0 Å². The van der Waals surface area contributed by atoms with Crippen LogP contribution in [0, 0.1) is 5.92 Å². The number of amides is 1. The molecule has 0 radical (unpaired) electrons. The summed E-state index contributed by atoms with van der Waals surface area (Å²) in [6, 6.07) is 7.41. The average Bonchev–Trinajstić information content (AvgIpc) is 2.42. The molecule has 1 aromatic rings. The molecule has 108 valence electrons. The molecule has 1 unspecified atom stereocenters. The van der Waals surface area contributed by atoms with E-state index in [-0.39, 0.29) is 37.4 Å². The Bertz CT molecular complexity index is 388. The lowest BCUT2D eigenvalue weighted by molar-refractivity contribution is -0.124. The lowest BCUT2D eigenvalue weighted by Crippen LogP contribution is -2.32. The molecule has 5 nitrogen and oxygen atoms in total. The molecule has 0 saturated carbocycles. The van der Waals surface area contributed by atoms with Crippen molar-refractivity contribution in [2.24, 2.45) is 11.7 Å². The maximum Gasteiger partial charge on any atom is 0.224 e. The van der Waals surface area contributed by atoms with E-state index in [1.807, 2.05) is 24.3 Å². The lowest BCUT2D eigenvalue weighted by atomic mass is 10.1. The second-order valence-electron chi connectivity index (χ2n) is 4.03. The number of ether oxygens (including phenoxy) is 1. The third-order valence-electron chi connectivity index (χ3n) is 2.58. The van der Waals surface area contributed by atoms with Crippen molar-refractivity contribution >= 4 is 18.3 Å². The van der Waals surface area contributed by atoms with Crippen LogP contribution in [0.25, 0.3) is 0 Å². The van der Waals surface area contributed by atoms with E-state index in [0.717, 1.165) is 5.56 Å². The van der Waals surface area contributed by atoms with Crippen LogP contribution in [0.3, 0.4) is 0 Å². The first-order chi connectivity index (χ1) is 8.69. The Morgan fingerprint density at radius 2 is 2.16 bits per heavy atom. The predicted octanol–water partition coefficient (Wildman–Crippen LogP) is 0.691. The van der Waals surface area contributed by atoms with Crippen molar-refractivity contribution in [1.29, 1.82) is 0 Å². The first kappa shape index (κ1) is 17.7. The fourth-order valence-corrected chi connectivity index (χ4v) is 1.41. The molecule has 6 heteroatoms. The molecule has 19 heavy (non-hydrogen) atoms. The van der Waals surface area contributed by atoms with E-state index < -0.39 is 0 Å². The van der Waals surface area contributed by atoms with Crippen molar-refractivity contribution in [3.05, 3.63) is 29.8 Å². The van der Waals surface area contributed by atoms with Crippen LogP contribution in [-0.2, 0) is 11.3 Å². The van der Waals surface area contributed by atoms with Gasteiger partial charge in [-0.3, -0.25) is 4.79 Å². The number of carbonyl (C=O) groups excluding carboxylic acids is 1. The van der Waals surface area contributed by atoms with Crippen LogP contribution in [0.4, 0.5) is 0 Å². The molecule has 0 aliphatic heterocycles. The van der Waals surface area contributed by atoms with Crippen LogP contribution in [-0.4, -0.2) is 30.8 Å². The minimum absolute atomic E-state index is 0. The van der Waals surface area contributed by atoms with Gasteiger partial charge in [0.2, 0.25) is 5.91 Å². The zero-order valence-corrected chi connectivity index (χ0v) is 11.8. The Labute approximate surface area is 119 Å². The Morgan fingerprint density at radius 3 is 2.79 bits per heavy atom. The third kappa shape index (κ3) is 5.92. The van der Waals surface area contributed by atoms with Gasteiger partial charge < -0.3 is 20.9 Å². The molecule has 0 aromatic heterocycles. The summed E-state index contributed by atoms with van der Waals surface area (Å²) >= 11 is 0. The van der Waals surface area contributed by atoms with E-state index in [0.29, 0.717) is 18.8 Å². The molecule has 0 fully saturated rings. The highest BCUT2D eigenvalue weighted by Crippen LogP contribution is 2.17. The second-order valence-corrected chi connectivity index (χ2v) is 4.03. The molecule has 0 bridgehead atoms. The fourth-order valence-electron chi connectivity index (χ4n) is 1.41. The summed E-state index contributed by atoms with van der Waals surface area (Å²) in [4.78, 5) is 11.6. The Hall–Kier alpha value is -1.30. The minimum Gasteiger partial charge on any atom is -0.491 e. The SMILES string of the molecule is CC(CN)C(=O)NCc1ccccc1OCCO.Cl. The zero-order chi connectivity index (χ0) is 13.4. The molecule has 0 aliphatic rings. The summed E-state index contributed by atoms with van der Waals surface area (Å²) in [5.41, 5.74) is 6.30. The quantitative estimate of drug-likeness (QED) is 0.689. The van der Waals surface area contributed by atoms with Crippen LogP contribution < -0.4 is 15.8 Å². The number of para-hydroxylation sites is 1. The Morgan fingerprint density at radius 1 is 1.47 bits per heavy atom. The number of benzene rings is 1. The molecular weight excluding hydrogens is 268 g/mol. The highest BCUT2D eigenvalue weighted by molar-refractivity contribution is 5.85. The number of halogens is 1. The van der Waals surface area contributed by atoms with E-state index >= 15 is 0 Å². The van der Waals surface area contributed by atoms with Gasteiger partial charge in [-0.2, -0.15) is 0 Å². The molecule has 4 N–H and O–H groups in total. The van der Waals surface area contributed by atoms with E-state index in [9.17, 15) is 4.79 Å². The number of hydrogen-bond donors (Lipinski definition) is 3. The van der Waals surface area contributed by atoms with Crippen LogP contribution in [0.5, 0.6) is 5.75 Å². The average molecular weight is 289 g/mol. The molecule has 1 rings (SSSR count). The van der Waals surface area contributed by atoms with Crippen molar-refractivity contribution in [1.82, 2.24) is 5.32 Å². The van der Waals surface area contributed by atoms with E-state index in [4.69, 9.17) is 15.6 Å². The molecule has 0 aliphatic carbocycles. The van der Waals surface area contributed by atoms with Gasteiger partial charge in [-0.15, -0.1) is 12.4 Å². The van der Waals surface area contributed by atoms with Gasteiger partial charge in [0.15, 0.2) is 0 Å². The first-order valence-corrected chi connectivity index (χ1v) is 5.98. The van der Waals surface area contributed by atoms with E-state index in [1.54, 1.807) is 6.92 Å². The lowest BCUT2D eigenvalue weighted by Gasteiger charge is -2.13. The van der Waals surface area contributed by atoms with E-state index in [2.05, 4.69) is 5.32 Å². The molecule has 1 aromatic carbocycles. The number of nitrogens with one attached hydrogen (secondary N) is 1. The van der Waals surface area contributed by atoms with Crippen LogP contribution in [0.15, 0.2) is 24.3 Å². The predicted molar refractivity (Wildman–Crippen MR) is 76.3 cm³/mol. The van der Waals surface area contributed by atoms with Crippen molar-refractivity contribution in [2.45, 2.75) is 13.5 Å². The number of hydrogen-bond acceptors (Lipinski definition) is 4. The number of aliphatic hydroxyl groups is 1. The zero-order valence-electron chi connectivity index (χ0n) is 11.0. The van der Waals surface area contributed by atoms with Crippen molar-refractivity contribution in [3.63, 3.8) is 0 Å². The molecule has 0 saturated heterocycles. The van der Waals surface area contributed by atoms with Crippen molar-refractivity contribution in [3.8, 4) is 5.75 Å². The minimum atomic E-state index is -0.199. The summed E-state index contributed by atoms with van der Waals surface area (Å²) < 4.78 is 5.38. The van der Waals surface area contributed by atoms with E-state index in [1.165, 1.54) is 0 Å². The van der Waals surface area contributed by atoms with Gasteiger partial charge in [0, 0.05) is 24.6 Å². The molecule has 1 amide bonds. The maximum atomic E-state index is 11.6. The van der Waals surface area contributed by atoms with Gasteiger partial charge in [0.1, 0.15) is 12.4 Å². The van der Waals surface area contributed by atoms with Crippen LogP contribution in [0.2, 0.25) is 0 Å². The van der Waals surface area contributed by atoms with Gasteiger partial charge in [-0.25, -0.2) is 0 Å². The normalized spacial score (nSPS) is 11.3. The Kier molecular flexibility index (Phi) is 8.95. The highest BCUT2D eigenvalue weighted by Gasteiger charge is 2.11. The molecule has 0 spiro atoms. The topological polar surface area (TPSA) is 84.6 Å². The van der Waals surface area contributed by atoms with Gasteiger partial charge >= 0.3 is 0 Å². The summed E-state index contributed by atoms with van der Waals surface area (Å²) in [7, 11) is 0. The molecular formula is C13H21ClN2O3. The smallest absolute Gasteiger partial charge is 0.224 e. The maximum absolute atomic E-state index is 11.6. The van der Waals surface area contributed by atoms with Crippen molar-refractivity contribution in [2.75, 3.05) is 19.8 Å². The fraction of sp³-hybridized carbons (Fsp3) is 0.462. The summed E-state index contributed by atoms with van der Waals surface area (Å²) in [5, 5.41) is 11.5. The molecule has 0 heterocycles. The van der Waals surface area contributed by atoms with Crippen LogP contribution >= 0.6 is 12.4 Å². The number of rotatable bonds is 7. The Balaban J connectivity index is 0.00000324. The largest absolute Gasteiger partial charge is 0.491 e.